The Balaban J connectivity index is 1.99. The number of ether oxygens (including phenoxy) is 2. The molecule has 4 heteroatoms. The molecule has 0 heterocycles. The molecule has 0 saturated carbocycles. The largest absolute Gasteiger partial charge is 0.383 e. The molecule has 3 nitrogen and oxygen atoms in total. The first kappa shape index (κ1) is 14.5. The van der Waals surface area contributed by atoms with E-state index in [1.54, 1.807) is 7.11 Å². The van der Waals surface area contributed by atoms with Gasteiger partial charge in [0.2, 0.25) is 0 Å². The van der Waals surface area contributed by atoms with Gasteiger partial charge >= 0.3 is 0 Å². The van der Waals surface area contributed by atoms with E-state index >= 15 is 0 Å². The maximum atomic E-state index is 6.02. The van der Waals surface area contributed by atoms with Crippen molar-refractivity contribution in [2.45, 2.75) is 13.0 Å². The third-order valence-electron chi connectivity index (χ3n) is 2.34. The van der Waals surface area contributed by atoms with E-state index in [1.165, 1.54) is 0 Å². The minimum absolute atomic E-state index is 0.581. The Morgan fingerprint density at radius 3 is 2.76 bits per heavy atom. The maximum Gasteiger partial charge on any atom is 0.0731 e. The highest BCUT2D eigenvalue weighted by Gasteiger charge is 1.98. The summed E-state index contributed by atoms with van der Waals surface area (Å²) in [7, 11) is 1.70. The van der Waals surface area contributed by atoms with E-state index in [1.807, 2.05) is 24.3 Å². The minimum Gasteiger partial charge on any atom is -0.383 e. The SMILES string of the molecule is COCCNCCCOCc1ccccc1Cl. The van der Waals surface area contributed by atoms with Gasteiger partial charge in [0.05, 0.1) is 13.2 Å². The summed E-state index contributed by atoms with van der Waals surface area (Å²) < 4.78 is 10.5. The van der Waals surface area contributed by atoms with Crippen molar-refractivity contribution in [2.75, 3.05) is 33.4 Å². The summed E-state index contributed by atoms with van der Waals surface area (Å²) in [6, 6.07) is 7.76. The van der Waals surface area contributed by atoms with Gasteiger partial charge in [0.15, 0.2) is 0 Å². The normalized spacial score (nSPS) is 10.7. The number of methoxy groups -OCH3 is 1. The van der Waals surface area contributed by atoms with Crippen LogP contribution in [0, 0.1) is 0 Å². The molecule has 0 atom stereocenters. The molecule has 1 aromatic carbocycles. The molecule has 96 valence electrons. The number of nitrogens with one attached hydrogen (secondary N) is 1. The van der Waals surface area contributed by atoms with E-state index in [9.17, 15) is 0 Å². The second kappa shape index (κ2) is 9.42. The van der Waals surface area contributed by atoms with Crippen LogP contribution < -0.4 is 5.32 Å². The van der Waals surface area contributed by atoms with Crippen LogP contribution in [0.15, 0.2) is 24.3 Å². The fourth-order valence-electron chi connectivity index (χ4n) is 1.40. The Kier molecular flexibility index (Phi) is 8.01. The molecule has 0 aliphatic rings. The van der Waals surface area contributed by atoms with Crippen LogP contribution in [0.5, 0.6) is 0 Å². The van der Waals surface area contributed by atoms with Crippen LogP contribution in [0.25, 0.3) is 0 Å². The summed E-state index contributed by atoms with van der Waals surface area (Å²) >= 11 is 6.02. The highest BCUT2D eigenvalue weighted by atomic mass is 35.5. The van der Waals surface area contributed by atoms with Gasteiger partial charge in [-0.1, -0.05) is 29.8 Å². The third-order valence-corrected chi connectivity index (χ3v) is 2.71. The van der Waals surface area contributed by atoms with Gasteiger partial charge in [-0.2, -0.15) is 0 Å². The number of hydrogen-bond acceptors (Lipinski definition) is 3. The molecule has 0 aliphatic heterocycles. The summed E-state index contributed by atoms with van der Waals surface area (Å²) in [6.45, 7) is 3.91. The monoisotopic (exact) mass is 257 g/mol. The van der Waals surface area contributed by atoms with Crippen LogP contribution in [0.2, 0.25) is 5.02 Å². The van der Waals surface area contributed by atoms with Crippen molar-refractivity contribution >= 4 is 11.6 Å². The van der Waals surface area contributed by atoms with Crippen LogP contribution in [0.1, 0.15) is 12.0 Å². The van der Waals surface area contributed by atoms with Crippen molar-refractivity contribution in [3.05, 3.63) is 34.9 Å². The van der Waals surface area contributed by atoms with E-state index in [0.29, 0.717) is 6.61 Å². The third kappa shape index (κ3) is 6.64. The van der Waals surface area contributed by atoms with Gasteiger partial charge < -0.3 is 14.8 Å². The van der Waals surface area contributed by atoms with Gasteiger partial charge in [-0.05, 0) is 24.6 Å². The van der Waals surface area contributed by atoms with Gasteiger partial charge in [-0.15, -0.1) is 0 Å². The molecule has 1 aromatic rings. The predicted octanol–water partition coefficient (Wildman–Crippen LogP) is 2.48. The lowest BCUT2D eigenvalue weighted by molar-refractivity contribution is 0.118. The van der Waals surface area contributed by atoms with Crippen molar-refractivity contribution in [3.63, 3.8) is 0 Å². The number of hydrogen-bond donors (Lipinski definition) is 1. The van der Waals surface area contributed by atoms with Crippen LogP contribution >= 0.6 is 11.6 Å². The Morgan fingerprint density at radius 2 is 2.00 bits per heavy atom. The number of rotatable bonds is 9. The average molecular weight is 258 g/mol. The van der Waals surface area contributed by atoms with Crippen molar-refractivity contribution in [1.82, 2.24) is 5.32 Å². The van der Waals surface area contributed by atoms with Gasteiger partial charge in [0, 0.05) is 25.3 Å². The molecule has 0 radical (unpaired) electrons. The minimum atomic E-state index is 0.581. The summed E-state index contributed by atoms with van der Waals surface area (Å²) in [6.07, 6.45) is 0.994. The summed E-state index contributed by atoms with van der Waals surface area (Å²) in [5.74, 6) is 0. The zero-order valence-corrected chi connectivity index (χ0v) is 11.0. The lowest BCUT2D eigenvalue weighted by Crippen LogP contribution is -2.21. The van der Waals surface area contributed by atoms with Gasteiger partial charge in [-0.25, -0.2) is 0 Å². The molecule has 17 heavy (non-hydrogen) atoms. The Labute approximate surface area is 108 Å². The van der Waals surface area contributed by atoms with Crippen molar-refractivity contribution in [2.24, 2.45) is 0 Å². The molecule has 0 unspecified atom stereocenters. The van der Waals surface area contributed by atoms with E-state index < -0.39 is 0 Å². The summed E-state index contributed by atoms with van der Waals surface area (Å²) in [5.41, 5.74) is 1.04. The highest BCUT2D eigenvalue weighted by molar-refractivity contribution is 6.31. The number of halogens is 1. The fraction of sp³-hybridized carbons (Fsp3) is 0.538. The van der Waals surface area contributed by atoms with E-state index in [-0.39, 0.29) is 0 Å². The fourth-order valence-corrected chi connectivity index (χ4v) is 1.59. The smallest absolute Gasteiger partial charge is 0.0731 e. The summed E-state index contributed by atoms with van der Waals surface area (Å²) in [4.78, 5) is 0. The first-order valence-electron chi connectivity index (χ1n) is 5.85. The van der Waals surface area contributed by atoms with Crippen molar-refractivity contribution in [3.8, 4) is 0 Å². The van der Waals surface area contributed by atoms with Crippen molar-refractivity contribution < 1.29 is 9.47 Å². The Hall–Kier alpha value is -0.610. The molecule has 0 amide bonds. The molecule has 0 aliphatic carbocycles. The molecular weight excluding hydrogens is 238 g/mol. The van der Waals surface area contributed by atoms with E-state index in [4.69, 9.17) is 21.1 Å². The van der Waals surface area contributed by atoms with Crippen LogP contribution in [-0.4, -0.2) is 33.4 Å². The van der Waals surface area contributed by atoms with Gasteiger partial charge in [-0.3, -0.25) is 0 Å². The van der Waals surface area contributed by atoms with E-state index in [0.717, 1.165) is 43.3 Å². The standard InChI is InChI=1S/C13H20ClNO2/c1-16-10-8-15-7-4-9-17-11-12-5-2-3-6-13(12)14/h2-3,5-6,15H,4,7-11H2,1H3. The quantitative estimate of drug-likeness (QED) is 0.690. The zero-order valence-electron chi connectivity index (χ0n) is 10.2. The molecule has 0 spiro atoms. The second-order valence-electron chi connectivity index (χ2n) is 3.74. The van der Waals surface area contributed by atoms with Crippen LogP contribution in [0.3, 0.4) is 0 Å². The molecule has 0 fully saturated rings. The zero-order chi connectivity index (χ0) is 12.3. The number of benzene rings is 1. The van der Waals surface area contributed by atoms with E-state index in [2.05, 4.69) is 5.32 Å². The molecule has 0 saturated heterocycles. The highest BCUT2D eigenvalue weighted by Crippen LogP contribution is 2.15. The molecule has 1 rings (SSSR count). The van der Waals surface area contributed by atoms with Crippen LogP contribution in [-0.2, 0) is 16.1 Å². The molecular formula is C13H20ClNO2. The molecule has 1 N–H and O–H groups in total. The average Bonchev–Trinajstić information content (AvgIpc) is 2.35. The summed E-state index contributed by atoms with van der Waals surface area (Å²) in [5, 5.41) is 4.03. The van der Waals surface area contributed by atoms with Crippen LogP contribution in [0.4, 0.5) is 0 Å². The topological polar surface area (TPSA) is 30.5 Å². The Morgan fingerprint density at radius 1 is 1.18 bits per heavy atom. The second-order valence-corrected chi connectivity index (χ2v) is 4.15. The molecule has 0 bridgehead atoms. The Bertz CT molecular complexity index is 307. The van der Waals surface area contributed by atoms with Gasteiger partial charge in [0.1, 0.15) is 0 Å². The maximum absolute atomic E-state index is 6.02. The lowest BCUT2D eigenvalue weighted by atomic mass is 10.2. The molecule has 0 aromatic heterocycles. The van der Waals surface area contributed by atoms with Crippen molar-refractivity contribution in [1.29, 1.82) is 0 Å². The predicted molar refractivity (Wildman–Crippen MR) is 70.5 cm³/mol. The first-order chi connectivity index (χ1) is 8.34. The first-order valence-corrected chi connectivity index (χ1v) is 6.23. The lowest BCUT2D eigenvalue weighted by Gasteiger charge is -2.06. The van der Waals surface area contributed by atoms with Gasteiger partial charge in [0.25, 0.3) is 0 Å².